The van der Waals surface area contributed by atoms with Gasteiger partial charge in [0.05, 0.1) is 26.9 Å². The molecule has 272 valence electrons. The van der Waals surface area contributed by atoms with Crippen LogP contribution in [0, 0.1) is 18.3 Å². The zero-order valence-electron chi connectivity index (χ0n) is 29.9. The minimum Gasteiger partial charge on any atom is -0.497 e. The number of hydrogen-bond acceptors (Lipinski definition) is 10. The molecule has 12 heteroatoms. The second-order valence-electron chi connectivity index (χ2n) is 13.0. The number of rotatable bonds is 19. The van der Waals surface area contributed by atoms with E-state index in [4.69, 9.17) is 30.1 Å². The third-order valence-electron chi connectivity index (χ3n) is 8.18. The average molecular weight is 694 g/mol. The van der Waals surface area contributed by atoms with Crippen LogP contribution in [0.1, 0.15) is 51.7 Å². The molecule has 2 unspecified atom stereocenters. The Labute approximate surface area is 295 Å². The van der Waals surface area contributed by atoms with Gasteiger partial charge in [0, 0.05) is 13.1 Å². The predicted molar refractivity (Wildman–Crippen MR) is 187 cm³/mol. The van der Waals surface area contributed by atoms with E-state index in [0.717, 1.165) is 11.1 Å². The van der Waals surface area contributed by atoms with Crippen LogP contribution in [0.2, 0.25) is 0 Å². The van der Waals surface area contributed by atoms with E-state index in [1.54, 1.807) is 31.4 Å². The second-order valence-corrected chi connectivity index (χ2v) is 13.0. The summed E-state index contributed by atoms with van der Waals surface area (Å²) in [6.45, 7) is 8.33. The summed E-state index contributed by atoms with van der Waals surface area (Å²) in [5.41, 5.74) is 0.258. The van der Waals surface area contributed by atoms with Gasteiger partial charge in [-0.25, -0.2) is 9.59 Å². The molecule has 1 aliphatic heterocycles. The van der Waals surface area contributed by atoms with Gasteiger partial charge in [0.25, 0.3) is 0 Å². The van der Waals surface area contributed by atoms with Crippen molar-refractivity contribution in [1.29, 1.82) is 0 Å². The zero-order valence-corrected chi connectivity index (χ0v) is 29.9. The van der Waals surface area contributed by atoms with Crippen LogP contribution in [0.15, 0.2) is 54.6 Å². The van der Waals surface area contributed by atoms with Gasteiger partial charge in [-0.15, -0.1) is 6.42 Å². The normalized spacial score (nSPS) is 14.6. The van der Waals surface area contributed by atoms with Gasteiger partial charge in [0.1, 0.15) is 31.0 Å². The van der Waals surface area contributed by atoms with E-state index in [-0.39, 0.29) is 44.4 Å². The van der Waals surface area contributed by atoms with Crippen molar-refractivity contribution in [2.45, 2.75) is 71.2 Å². The number of esters is 2. The molecular formula is C38H51N3O9. The van der Waals surface area contributed by atoms with Crippen molar-refractivity contribution in [2.75, 3.05) is 53.3 Å². The largest absolute Gasteiger partial charge is 0.497 e. The van der Waals surface area contributed by atoms with E-state index >= 15 is 0 Å². The molecule has 2 aromatic rings. The van der Waals surface area contributed by atoms with E-state index in [1.807, 2.05) is 49.1 Å². The fourth-order valence-electron chi connectivity index (χ4n) is 5.28. The molecule has 1 heterocycles. The first-order valence-corrected chi connectivity index (χ1v) is 16.9. The van der Waals surface area contributed by atoms with Crippen molar-refractivity contribution in [3.8, 4) is 18.1 Å². The molecule has 1 aliphatic rings. The zero-order chi connectivity index (χ0) is 36.5. The summed E-state index contributed by atoms with van der Waals surface area (Å²) in [7, 11) is 1.56. The minimum atomic E-state index is -1.43. The van der Waals surface area contributed by atoms with E-state index in [9.17, 15) is 19.2 Å². The first-order valence-electron chi connectivity index (χ1n) is 16.9. The summed E-state index contributed by atoms with van der Waals surface area (Å²) in [6, 6.07) is 14.4. The van der Waals surface area contributed by atoms with Crippen LogP contribution < -0.4 is 10.1 Å². The molecule has 2 amide bonds. The van der Waals surface area contributed by atoms with Crippen LogP contribution >= 0.6 is 0 Å². The Morgan fingerprint density at radius 3 is 2.30 bits per heavy atom. The number of morpholine rings is 1. The van der Waals surface area contributed by atoms with Crippen LogP contribution in [0.4, 0.5) is 0 Å². The number of ether oxygens (including phenoxy) is 5. The Balaban J connectivity index is 1.92. The Morgan fingerprint density at radius 2 is 1.68 bits per heavy atom. The molecule has 12 nitrogen and oxygen atoms in total. The number of nitrogens with one attached hydrogen (secondary N) is 1. The highest BCUT2D eigenvalue weighted by Crippen LogP contribution is 2.20. The van der Waals surface area contributed by atoms with Crippen molar-refractivity contribution in [1.82, 2.24) is 15.1 Å². The Bertz CT molecular complexity index is 1420. The SMILES string of the molecule is C#CCOC(C)(C)C(=O)OCN(C(=O)C(CCc1ccccc1)NC(=O)CN1CCOCC1)C(CC(C)C)C(=O)OCc1ccc(OC)cc1. The molecule has 1 fully saturated rings. The van der Waals surface area contributed by atoms with E-state index in [2.05, 4.69) is 11.2 Å². The van der Waals surface area contributed by atoms with Gasteiger partial charge in [-0.05, 0) is 62.3 Å². The standard InChI is InChI=1S/C38H51N3O9/c1-7-21-50-38(4,5)37(45)49-27-41(33(24-28(2)3)36(44)48-26-30-13-16-31(46-6)17-14-30)35(43)32(18-15-29-11-9-8-10-12-29)39-34(42)25-40-19-22-47-23-20-40/h1,8-14,16-17,28,32-33H,15,18-27H2,2-6H3,(H,39,42). The highest BCUT2D eigenvalue weighted by Gasteiger charge is 2.38. The number of terminal acetylenes is 1. The second kappa shape index (κ2) is 20.3. The lowest BCUT2D eigenvalue weighted by molar-refractivity contribution is -0.179. The van der Waals surface area contributed by atoms with Crippen LogP contribution in [-0.2, 0) is 51.2 Å². The Hall–Kier alpha value is -4.44. The molecule has 1 N–H and O–H groups in total. The molecule has 50 heavy (non-hydrogen) atoms. The fourth-order valence-corrected chi connectivity index (χ4v) is 5.28. The fraction of sp³-hybridized carbons (Fsp3) is 0.526. The van der Waals surface area contributed by atoms with Gasteiger partial charge in [-0.2, -0.15) is 0 Å². The Morgan fingerprint density at radius 1 is 1.00 bits per heavy atom. The first-order chi connectivity index (χ1) is 23.9. The van der Waals surface area contributed by atoms with Crippen molar-refractivity contribution < 1.29 is 42.9 Å². The lowest BCUT2D eigenvalue weighted by Gasteiger charge is -2.35. The van der Waals surface area contributed by atoms with Crippen LogP contribution in [0.5, 0.6) is 5.75 Å². The molecule has 2 aromatic carbocycles. The maximum atomic E-state index is 14.6. The van der Waals surface area contributed by atoms with Crippen LogP contribution in [0.3, 0.4) is 0 Å². The third kappa shape index (κ3) is 13.1. The van der Waals surface area contributed by atoms with Crippen molar-refractivity contribution in [2.24, 2.45) is 5.92 Å². The van der Waals surface area contributed by atoms with Crippen molar-refractivity contribution in [3.63, 3.8) is 0 Å². The molecule has 3 rings (SSSR count). The maximum Gasteiger partial charge on any atom is 0.339 e. The number of aryl methyl sites for hydroxylation is 1. The molecule has 0 saturated carbocycles. The molecule has 0 aliphatic carbocycles. The molecule has 0 spiro atoms. The van der Waals surface area contributed by atoms with E-state index in [1.165, 1.54) is 18.7 Å². The number of carbonyl (C=O) groups excluding carboxylic acids is 4. The number of nitrogens with zero attached hydrogens (tertiary/aromatic N) is 2. The topological polar surface area (TPSA) is 133 Å². The quantitative estimate of drug-likeness (QED) is 0.133. The summed E-state index contributed by atoms with van der Waals surface area (Å²) < 4.78 is 27.5. The highest BCUT2D eigenvalue weighted by atomic mass is 16.6. The van der Waals surface area contributed by atoms with Gasteiger partial charge in [0.2, 0.25) is 11.8 Å². The lowest BCUT2D eigenvalue weighted by atomic mass is 10.00. The third-order valence-corrected chi connectivity index (χ3v) is 8.18. The number of amides is 2. The smallest absolute Gasteiger partial charge is 0.339 e. The van der Waals surface area contributed by atoms with Crippen molar-refractivity contribution in [3.05, 3.63) is 65.7 Å². The minimum absolute atomic E-state index is 0.0556. The summed E-state index contributed by atoms with van der Waals surface area (Å²) in [5, 5.41) is 2.91. The van der Waals surface area contributed by atoms with Crippen molar-refractivity contribution >= 4 is 23.8 Å². The lowest BCUT2D eigenvalue weighted by Crippen LogP contribution is -2.57. The summed E-state index contributed by atoms with van der Waals surface area (Å²) in [5.74, 6) is 0.533. The molecule has 1 saturated heterocycles. The van der Waals surface area contributed by atoms with Crippen LogP contribution in [0.25, 0.3) is 0 Å². The molecule has 0 bridgehead atoms. The monoisotopic (exact) mass is 693 g/mol. The molecule has 0 aromatic heterocycles. The first kappa shape index (κ1) is 40.0. The summed E-state index contributed by atoms with van der Waals surface area (Å²) in [4.78, 5) is 58.2. The van der Waals surface area contributed by atoms with Gasteiger partial charge < -0.3 is 29.0 Å². The molecule has 2 atom stereocenters. The van der Waals surface area contributed by atoms with Gasteiger partial charge in [-0.3, -0.25) is 19.4 Å². The molecular weight excluding hydrogens is 642 g/mol. The predicted octanol–water partition coefficient (Wildman–Crippen LogP) is 3.36. The van der Waals surface area contributed by atoms with E-state index in [0.29, 0.717) is 38.5 Å². The number of benzene rings is 2. The average Bonchev–Trinajstić information content (AvgIpc) is 3.11. The Kier molecular flexibility index (Phi) is 16.2. The number of methoxy groups -OCH3 is 1. The number of carbonyl (C=O) groups is 4. The van der Waals surface area contributed by atoms with Gasteiger partial charge in [-0.1, -0.05) is 62.2 Å². The summed E-state index contributed by atoms with van der Waals surface area (Å²) in [6.07, 6.45) is 6.22. The van der Waals surface area contributed by atoms with Crippen LogP contribution in [-0.4, -0.2) is 105 Å². The molecule has 0 radical (unpaired) electrons. The maximum absolute atomic E-state index is 14.6. The van der Waals surface area contributed by atoms with E-state index < -0.39 is 42.3 Å². The summed E-state index contributed by atoms with van der Waals surface area (Å²) >= 11 is 0. The van der Waals surface area contributed by atoms with Gasteiger partial charge in [0.15, 0.2) is 12.3 Å². The van der Waals surface area contributed by atoms with Gasteiger partial charge >= 0.3 is 11.9 Å². The highest BCUT2D eigenvalue weighted by molar-refractivity contribution is 5.91. The number of hydrogen-bond donors (Lipinski definition) is 1.